The van der Waals surface area contributed by atoms with Crippen LogP contribution in [0.2, 0.25) is 0 Å². The molecule has 0 fully saturated rings. The zero-order chi connectivity index (χ0) is 13.8. The number of carboxylic acids is 1. The molecule has 0 atom stereocenters. The molecule has 1 N–H and O–H groups in total. The molecule has 98 valence electrons. The standard InChI is InChI=1S/C10H8F3NO4/c11-10(12,13)18-7-3-1-6(2-4-7)14-8(15)5-9(16)17/h1-4H,5H2,(H,14,15)(H,16,17)/p-1. The summed E-state index contributed by atoms with van der Waals surface area (Å²) in [5.74, 6) is -2.83. The highest BCUT2D eigenvalue weighted by molar-refractivity contribution is 6.00. The van der Waals surface area contributed by atoms with E-state index in [1.165, 1.54) is 0 Å². The van der Waals surface area contributed by atoms with Gasteiger partial charge in [0.05, 0.1) is 12.4 Å². The first kappa shape index (κ1) is 13.8. The van der Waals surface area contributed by atoms with E-state index in [0.29, 0.717) is 0 Å². The topological polar surface area (TPSA) is 78.5 Å². The fraction of sp³-hybridized carbons (Fsp3) is 0.200. The highest BCUT2D eigenvalue weighted by Gasteiger charge is 2.30. The molecule has 18 heavy (non-hydrogen) atoms. The number of rotatable bonds is 4. The number of carbonyl (C=O) groups is 2. The lowest BCUT2D eigenvalue weighted by molar-refractivity contribution is -0.304. The number of ether oxygens (including phenoxy) is 1. The maximum atomic E-state index is 11.8. The van der Waals surface area contributed by atoms with Crippen molar-refractivity contribution in [3.05, 3.63) is 24.3 Å². The van der Waals surface area contributed by atoms with Gasteiger partial charge in [-0.1, -0.05) is 0 Å². The summed E-state index contributed by atoms with van der Waals surface area (Å²) in [6.07, 6.45) is -5.62. The van der Waals surface area contributed by atoms with E-state index < -0.39 is 30.4 Å². The Morgan fingerprint density at radius 1 is 1.22 bits per heavy atom. The zero-order valence-electron chi connectivity index (χ0n) is 8.78. The van der Waals surface area contributed by atoms with Crippen LogP contribution >= 0.6 is 0 Å². The lowest BCUT2D eigenvalue weighted by Gasteiger charge is -2.10. The van der Waals surface area contributed by atoms with Crippen LogP contribution in [0.15, 0.2) is 24.3 Å². The molecule has 0 heterocycles. The molecule has 0 radical (unpaired) electrons. The van der Waals surface area contributed by atoms with Crippen molar-refractivity contribution in [2.24, 2.45) is 0 Å². The number of amides is 1. The van der Waals surface area contributed by atoms with E-state index in [1.807, 2.05) is 0 Å². The molecule has 1 rings (SSSR count). The Morgan fingerprint density at radius 3 is 2.22 bits per heavy atom. The smallest absolute Gasteiger partial charge is 0.550 e. The quantitative estimate of drug-likeness (QED) is 0.808. The average Bonchev–Trinajstić information content (AvgIpc) is 2.17. The van der Waals surface area contributed by atoms with Crippen LogP contribution in [0.25, 0.3) is 0 Å². The van der Waals surface area contributed by atoms with Crippen LogP contribution in [0.1, 0.15) is 6.42 Å². The lowest BCUT2D eigenvalue weighted by Crippen LogP contribution is -2.28. The first-order valence-electron chi connectivity index (χ1n) is 4.62. The minimum atomic E-state index is -4.79. The molecule has 0 saturated carbocycles. The van der Waals surface area contributed by atoms with Crippen molar-refractivity contribution in [1.82, 2.24) is 0 Å². The summed E-state index contributed by atoms with van der Waals surface area (Å²) in [5.41, 5.74) is 0.149. The minimum absolute atomic E-state index is 0.149. The number of hydrogen-bond donors (Lipinski definition) is 1. The highest BCUT2D eigenvalue weighted by Crippen LogP contribution is 2.23. The Balaban J connectivity index is 2.60. The van der Waals surface area contributed by atoms with Crippen LogP contribution in [0.4, 0.5) is 18.9 Å². The highest BCUT2D eigenvalue weighted by atomic mass is 19.4. The molecule has 1 amide bonds. The predicted octanol–water partition coefficient (Wildman–Crippen LogP) is 0.664. The minimum Gasteiger partial charge on any atom is -0.550 e. The summed E-state index contributed by atoms with van der Waals surface area (Å²) in [5, 5.41) is 12.3. The van der Waals surface area contributed by atoms with Gasteiger partial charge in [-0.25, -0.2) is 0 Å². The Bertz CT molecular complexity index is 441. The third-order valence-corrected chi connectivity index (χ3v) is 1.68. The number of halogens is 3. The van der Waals surface area contributed by atoms with E-state index in [1.54, 1.807) is 0 Å². The molecule has 0 aliphatic heterocycles. The SMILES string of the molecule is O=C([O-])CC(=O)Nc1ccc(OC(F)(F)F)cc1. The molecule has 0 spiro atoms. The third-order valence-electron chi connectivity index (χ3n) is 1.68. The Morgan fingerprint density at radius 2 is 1.78 bits per heavy atom. The van der Waals surface area contributed by atoms with Gasteiger partial charge in [-0.15, -0.1) is 13.2 Å². The second kappa shape index (κ2) is 5.39. The molecule has 0 aliphatic rings. The van der Waals surface area contributed by atoms with Gasteiger partial charge >= 0.3 is 6.36 Å². The molecule has 0 saturated heterocycles. The normalized spacial score (nSPS) is 10.8. The van der Waals surface area contributed by atoms with Crippen molar-refractivity contribution in [3.63, 3.8) is 0 Å². The Hall–Kier alpha value is -2.25. The van der Waals surface area contributed by atoms with Crippen molar-refractivity contribution in [1.29, 1.82) is 0 Å². The van der Waals surface area contributed by atoms with Gasteiger partial charge in [0.1, 0.15) is 5.75 Å². The van der Waals surface area contributed by atoms with Crippen molar-refractivity contribution in [3.8, 4) is 5.75 Å². The molecule has 0 bridgehead atoms. The number of alkyl halides is 3. The summed E-state index contributed by atoms with van der Waals surface area (Å²) in [4.78, 5) is 21.1. The number of hydrogen-bond acceptors (Lipinski definition) is 4. The van der Waals surface area contributed by atoms with Crippen LogP contribution in [-0.2, 0) is 9.59 Å². The summed E-state index contributed by atoms with van der Waals surface area (Å²) < 4.78 is 39.1. The number of aliphatic carboxylic acids is 1. The molecule has 5 nitrogen and oxygen atoms in total. The van der Waals surface area contributed by atoms with Crippen LogP contribution in [0.3, 0.4) is 0 Å². The first-order valence-corrected chi connectivity index (χ1v) is 4.62. The molecular weight excluding hydrogens is 255 g/mol. The molecule has 1 aromatic carbocycles. The third kappa shape index (κ3) is 5.19. The van der Waals surface area contributed by atoms with Gasteiger partial charge < -0.3 is 20.0 Å². The van der Waals surface area contributed by atoms with Crippen molar-refractivity contribution < 1.29 is 32.6 Å². The number of benzene rings is 1. The molecular formula is C10H7F3NO4-. The van der Waals surface area contributed by atoms with Crippen molar-refractivity contribution >= 4 is 17.6 Å². The zero-order valence-corrected chi connectivity index (χ0v) is 8.78. The summed E-state index contributed by atoms with van der Waals surface area (Å²) >= 11 is 0. The van der Waals surface area contributed by atoms with E-state index >= 15 is 0 Å². The maximum Gasteiger partial charge on any atom is 0.573 e. The lowest BCUT2D eigenvalue weighted by atomic mass is 10.3. The van der Waals surface area contributed by atoms with Crippen molar-refractivity contribution in [2.45, 2.75) is 12.8 Å². The Labute approximate surface area is 99.2 Å². The van der Waals surface area contributed by atoms with E-state index in [-0.39, 0.29) is 5.69 Å². The fourth-order valence-electron chi connectivity index (χ4n) is 1.08. The van der Waals surface area contributed by atoms with Gasteiger partial charge in [0.15, 0.2) is 0 Å². The van der Waals surface area contributed by atoms with Crippen LogP contribution in [0, 0.1) is 0 Å². The van der Waals surface area contributed by atoms with E-state index in [9.17, 15) is 27.9 Å². The number of anilines is 1. The van der Waals surface area contributed by atoms with Gasteiger partial charge in [-0.05, 0) is 24.3 Å². The summed E-state index contributed by atoms with van der Waals surface area (Å²) in [6.45, 7) is 0. The van der Waals surface area contributed by atoms with Gasteiger partial charge in [0.25, 0.3) is 0 Å². The second-order valence-corrected chi connectivity index (χ2v) is 3.17. The molecule has 0 aromatic heterocycles. The average molecular weight is 262 g/mol. The predicted molar refractivity (Wildman–Crippen MR) is 51.4 cm³/mol. The van der Waals surface area contributed by atoms with Gasteiger partial charge in [-0.2, -0.15) is 0 Å². The fourth-order valence-corrected chi connectivity index (χ4v) is 1.08. The molecule has 0 aliphatic carbocycles. The van der Waals surface area contributed by atoms with E-state index in [2.05, 4.69) is 10.1 Å². The van der Waals surface area contributed by atoms with E-state index in [4.69, 9.17) is 0 Å². The largest absolute Gasteiger partial charge is 0.573 e. The monoisotopic (exact) mass is 262 g/mol. The molecule has 0 unspecified atom stereocenters. The van der Waals surface area contributed by atoms with Crippen LogP contribution < -0.4 is 15.2 Å². The summed E-state index contributed by atoms with van der Waals surface area (Å²) in [6, 6.07) is 4.27. The van der Waals surface area contributed by atoms with Gasteiger partial charge in [0, 0.05) is 5.69 Å². The first-order chi connectivity index (χ1) is 8.26. The molecule has 1 aromatic rings. The summed E-state index contributed by atoms with van der Waals surface area (Å²) in [7, 11) is 0. The Kier molecular flexibility index (Phi) is 4.13. The van der Waals surface area contributed by atoms with Crippen LogP contribution in [-0.4, -0.2) is 18.2 Å². The second-order valence-electron chi connectivity index (χ2n) is 3.17. The van der Waals surface area contributed by atoms with Crippen molar-refractivity contribution in [2.75, 3.05) is 5.32 Å². The molecule has 8 heteroatoms. The van der Waals surface area contributed by atoms with E-state index in [0.717, 1.165) is 24.3 Å². The van der Waals surface area contributed by atoms with Crippen LogP contribution in [0.5, 0.6) is 5.75 Å². The maximum absolute atomic E-state index is 11.8. The number of carboxylic acid groups (broad SMARTS) is 1. The number of nitrogens with one attached hydrogen (secondary N) is 1. The number of carbonyl (C=O) groups excluding carboxylic acids is 2. The van der Waals surface area contributed by atoms with Gasteiger partial charge in [-0.3, -0.25) is 4.79 Å². The van der Waals surface area contributed by atoms with Gasteiger partial charge in [0.2, 0.25) is 5.91 Å².